The molecule has 212 valence electrons. The number of hydrogen-bond acceptors (Lipinski definition) is 5. The maximum absolute atomic E-state index is 14.5. The summed E-state index contributed by atoms with van der Waals surface area (Å²) in [6.45, 7) is 15.0. The lowest BCUT2D eigenvalue weighted by atomic mass is 9.65. The van der Waals surface area contributed by atoms with Crippen LogP contribution in [0.25, 0.3) is 0 Å². The van der Waals surface area contributed by atoms with E-state index in [0.717, 1.165) is 24.9 Å². The number of hydrogen-bond donors (Lipinski definition) is 1. The number of nitrogens with zero attached hydrogens (tertiary/aromatic N) is 3. The maximum Gasteiger partial charge on any atom is 0.247 e. The molecule has 39 heavy (non-hydrogen) atoms. The van der Waals surface area contributed by atoms with E-state index in [1.165, 1.54) is 0 Å². The number of aliphatic hydroxyl groups is 1. The fraction of sp³-hybridized carbons (Fsp3) is 0.581. The topological polar surface area (TPSA) is 81.2 Å². The average Bonchev–Trinajstić information content (AvgIpc) is 3.52. The predicted molar refractivity (Wildman–Crippen MR) is 157 cm³/mol. The lowest BCUT2D eigenvalue weighted by molar-refractivity contribution is -0.144. The molecule has 3 amide bonds. The molecule has 7 atom stereocenters. The molecule has 3 aliphatic heterocycles. The van der Waals surface area contributed by atoms with Crippen molar-refractivity contribution in [1.29, 1.82) is 0 Å². The molecule has 7 nitrogen and oxygen atoms in total. The van der Waals surface area contributed by atoms with Crippen LogP contribution in [-0.4, -0.2) is 80.9 Å². The molecule has 1 aromatic carbocycles. The summed E-state index contributed by atoms with van der Waals surface area (Å²) in [5.41, 5.74) is 0.776. The van der Waals surface area contributed by atoms with Gasteiger partial charge in [-0.25, -0.2) is 0 Å². The Kier molecular flexibility index (Phi) is 9.27. The quantitative estimate of drug-likeness (QED) is 0.372. The first-order valence-corrected chi connectivity index (χ1v) is 15.1. The van der Waals surface area contributed by atoms with Crippen molar-refractivity contribution in [2.24, 2.45) is 17.8 Å². The average molecular weight is 554 g/mol. The minimum Gasteiger partial charge on any atom is -0.396 e. The third kappa shape index (κ3) is 4.95. The molecule has 0 saturated carbocycles. The number of likely N-dealkylation sites (tertiary alicyclic amines) is 1. The van der Waals surface area contributed by atoms with Crippen LogP contribution in [0.2, 0.25) is 0 Å². The van der Waals surface area contributed by atoms with Gasteiger partial charge in [-0.15, -0.1) is 24.9 Å². The highest BCUT2D eigenvalue weighted by molar-refractivity contribution is 8.02. The summed E-state index contributed by atoms with van der Waals surface area (Å²) < 4.78 is -0.684. The molecular formula is C31H43N3O4S. The first kappa shape index (κ1) is 29.4. The Morgan fingerprint density at radius 3 is 2.51 bits per heavy atom. The number of rotatable bonds is 13. The van der Waals surface area contributed by atoms with Crippen molar-refractivity contribution in [2.75, 3.05) is 31.1 Å². The Morgan fingerprint density at radius 1 is 1.21 bits per heavy atom. The molecule has 0 aliphatic carbocycles. The van der Waals surface area contributed by atoms with Crippen molar-refractivity contribution >= 4 is 35.2 Å². The SMILES string of the molecule is C=CCN(C(=O)[C@@H]1[C@H]2C(=O)N(CCCO)C(C(=O)N(CC=C)C(C)CCC)C23S[C@@H]1CC3C)c1ccccc1. The third-order valence-electron chi connectivity index (χ3n) is 8.81. The van der Waals surface area contributed by atoms with Crippen LogP contribution >= 0.6 is 11.8 Å². The normalized spacial score (nSPS) is 29.7. The van der Waals surface area contributed by atoms with E-state index in [-0.39, 0.29) is 41.5 Å². The van der Waals surface area contributed by atoms with Gasteiger partial charge in [-0.3, -0.25) is 14.4 Å². The summed E-state index contributed by atoms with van der Waals surface area (Å²) in [5, 5.41) is 9.62. The van der Waals surface area contributed by atoms with Crippen LogP contribution in [0.1, 0.15) is 46.5 Å². The van der Waals surface area contributed by atoms with Crippen molar-refractivity contribution < 1.29 is 19.5 Å². The number of anilines is 1. The van der Waals surface area contributed by atoms with Crippen LogP contribution in [0.4, 0.5) is 5.69 Å². The van der Waals surface area contributed by atoms with Crippen LogP contribution in [0.5, 0.6) is 0 Å². The standard InChI is InChI=1S/C31H43N3O4S/c1-6-13-22(5)32(16-7-2)30(38)27-31-21(4)20-24(39-31)25(26(31)29(37)34(27)18-12-19-35)28(36)33(17-8-3)23-14-10-9-11-15-23/h7-11,14-15,21-22,24-27,35H,2-3,6,12-13,16-20H2,1,4-5H3/t21?,22?,24-,25+,26+,27?,31?/m1/s1. The Hall–Kier alpha value is -2.58. The van der Waals surface area contributed by atoms with Crippen molar-refractivity contribution in [3.63, 3.8) is 0 Å². The highest BCUT2D eigenvalue weighted by Gasteiger charge is 2.76. The number of para-hydroxylation sites is 1. The number of carbonyl (C=O) groups excluding carboxylic acids is 3. The number of aliphatic hydroxyl groups excluding tert-OH is 1. The second-order valence-electron chi connectivity index (χ2n) is 11.2. The molecule has 1 spiro atoms. The third-order valence-corrected chi connectivity index (χ3v) is 10.9. The number of amides is 3. The molecule has 1 N–H and O–H groups in total. The summed E-state index contributed by atoms with van der Waals surface area (Å²) >= 11 is 1.69. The molecule has 4 rings (SSSR count). The molecule has 0 aromatic heterocycles. The van der Waals surface area contributed by atoms with Crippen LogP contribution in [0.15, 0.2) is 55.6 Å². The van der Waals surface area contributed by atoms with E-state index in [2.05, 4.69) is 33.9 Å². The number of carbonyl (C=O) groups is 3. The van der Waals surface area contributed by atoms with Crippen LogP contribution in [0, 0.1) is 17.8 Å². The molecule has 0 radical (unpaired) electrons. The second-order valence-corrected chi connectivity index (χ2v) is 12.7. The van der Waals surface area contributed by atoms with Crippen molar-refractivity contribution in [2.45, 2.75) is 68.5 Å². The minimum absolute atomic E-state index is 0.00301. The molecule has 3 heterocycles. The van der Waals surface area contributed by atoms with Gasteiger partial charge in [0.2, 0.25) is 17.7 Å². The molecule has 1 aromatic rings. The van der Waals surface area contributed by atoms with Gasteiger partial charge in [-0.2, -0.15) is 0 Å². The van der Waals surface area contributed by atoms with Crippen molar-refractivity contribution in [1.82, 2.24) is 9.80 Å². The van der Waals surface area contributed by atoms with E-state index in [0.29, 0.717) is 26.1 Å². The van der Waals surface area contributed by atoms with E-state index < -0.39 is 22.6 Å². The molecule has 3 saturated heterocycles. The second kappa shape index (κ2) is 12.3. The van der Waals surface area contributed by atoms with Gasteiger partial charge < -0.3 is 19.8 Å². The monoisotopic (exact) mass is 553 g/mol. The van der Waals surface area contributed by atoms with Gasteiger partial charge in [0.05, 0.1) is 16.6 Å². The van der Waals surface area contributed by atoms with E-state index in [9.17, 15) is 19.5 Å². The smallest absolute Gasteiger partial charge is 0.247 e. The molecular weight excluding hydrogens is 510 g/mol. The van der Waals surface area contributed by atoms with Gasteiger partial charge in [0.15, 0.2) is 0 Å². The fourth-order valence-electron chi connectivity index (χ4n) is 7.16. The van der Waals surface area contributed by atoms with E-state index in [4.69, 9.17) is 0 Å². The summed E-state index contributed by atoms with van der Waals surface area (Å²) in [7, 11) is 0. The lowest BCUT2D eigenvalue weighted by Gasteiger charge is -2.42. The summed E-state index contributed by atoms with van der Waals surface area (Å²) in [5.74, 6) is -1.29. The molecule has 4 unspecified atom stereocenters. The zero-order chi connectivity index (χ0) is 28.3. The zero-order valence-electron chi connectivity index (χ0n) is 23.5. The Labute approximate surface area is 237 Å². The van der Waals surface area contributed by atoms with Crippen molar-refractivity contribution in [3.8, 4) is 0 Å². The number of fused-ring (bicyclic) bond motifs is 1. The van der Waals surface area contributed by atoms with Gasteiger partial charge in [0.25, 0.3) is 0 Å². The lowest BCUT2D eigenvalue weighted by Crippen LogP contribution is -2.58. The molecule has 3 aliphatic rings. The minimum atomic E-state index is -0.684. The molecule has 8 heteroatoms. The maximum atomic E-state index is 14.5. The van der Waals surface area contributed by atoms with Gasteiger partial charge in [0, 0.05) is 43.2 Å². The first-order valence-electron chi connectivity index (χ1n) is 14.3. The summed E-state index contributed by atoms with van der Waals surface area (Å²) in [6, 6.07) is 8.84. The highest BCUT2D eigenvalue weighted by Crippen LogP contribution is 2.69. The Morgan fingerprint density at radius 2 is 1.90 bits per heavy atom. The zero-order valence-corrected chi connectivity index (χ0v) is 24.3. The number of benzene rings is 1. The summed E-state index contributed by atoms with van der Waals surface area (Å²) in [6.07, 6.45) is 6.42. The first-order chi connectivity index (χ1) is 18.8. The van der Waals surface area contributed by atoms with Gasteiger partial charge >= 0.3 is 0 Å². The van der Waals surface area contributed by atoms with E-state index in [1.807, 2.05) is 35.2 Å². The molecule has 2 bridgehead atoms. The highest BCUT2D eigenvalue weighted by atomic mass is 32.2. The van der Waals surface area contributed by atoms with E-state index in [1.54, 1.807) is 33.7 Å². The van der Waals surface area contributed by atoms with Crippen LogP contribution in [-0.2, 0) is 14.4 Å². The Bertz CT molecular complexity index is 1080. The van der Waals surface area contributed by atoms with Gasteiger partial charge in [-0.05, 0) is 44.2 Å². The Balaban J connectivity index is 1.78. The van der Waals surface area contributed by atoms with Crippen LogP contribution < -0.4 is 4.90 Å². The van der Waals surface area contributed by atoms with Gasteiger partial charge in [0.1, 0.15) is 6.04 Å². The number of thioether (sulfide) groups is 1. The summed E-state index contributed by atoms with van der Waals surface area (Å²) in [4.78, 5) is 48.3. The van der Waals surface area contributed by atoms with Gasteiger partial charge in [-0.1, -0.05) is 50.6 Å². The largest absolute Gasteiger partial charge is 0.396 e. The fourth-order valence-corrected chi connectivity index (χ4v) is 9.57. The predicted octanol–water partition coefficient (Wildman–Crippen LogP) is 4.13. The van der Waals surface area contributed by atoms with Crippen molar-refractivity contribution in [3.05, 3.63) is 55.6 Å². The van der Waals surface area contributed by atoms with E-state index >= 15 is 0 Å². The molecule has 3 fully saturated rings. The van der Waals surface area contributed by atoms with Crippen LogP contribution in [0.3, 0.4) is 0 Å².